The van der Waals surface area contributed by atoms with Crippen molar-refractivity contribution in [2.75, 3.05) is 39.3 Å². The second-order valence-electron chi connectivity index (χ2n) is 5.79. The lowest BCUT2D eigenvalue weighted by Crippen LogP contribution is -2.52. The van der Waals surface area contributed by atoms with Crippen molar-refractivity contribution < 1.29 is 0 Å². The minimum Gasteiger partial charge on any atom is -0.329 e. The van der Waals surface area contributed by atoms with E-state index in [1.54, 1.807) is 0 Å². The zero-order valence-corrected chi connectivity index (χ0v) is 12.8. The Kier molecular flexibility index (Phi) is 6.51. The van der Waals surface area contributed by atoms with Gasteiger partial charge < -0.3 is 10.6 Å². The third-order valence-corrected chi connectivity index (χ3v) is 4.34. The van der Waals surface area contributed by atoms with Crippen LogP contribution in [0, 0.1) is 0 Å². The van der Waals surface area contributed by atoms with E-state index in [-0.39, 0.29) is 0 Å². The molecule has 20 heavy (non-hydrogen) atoms. The van der Waals surface area contributed by atoms with Crippen molar-refractivity contribution in [2.45, 2.75) is 32.2 Å². The topological polar surface area (TPSA) is 32.5 Å². The van der Waals surface area contributed by atoms with E-state index < -0.39 is 0 Å². The first kappa shape index (κ1) is 15.5. The molecule has 2 N–H and O–H groups in total. The fraction of sp³-hybridized carbons (Fsp3) is 0.647. The van der Waals surface area contributed by atoms with Crippen LogP contribution in [0.25, 0.3) is 0 Å². The van der Waals surface area contributed by atoms with Gasteiger partial charge in [0.25, 0.3) is 0 Å². The molecule has 1 fully saturated rings. The molecule has 2 rings (SSSR count). The van der Waals surface area contributed by atoms with E-state index in [1.807, 2.05) is 0 Å². The maximum Gasteiger partial charge on any atom is 0.0222 e. The second-order valence-corrected chi connectivity index (χ2v) is 5.79. The molecule has 1 atom stereocenters. The molecule has 1 aromatic carbocycles. The highest BCUT2D eigenvalue weighted by Gasteiger charge is 2.22. The van der Waals surface area contributed by atoms with Crippen molar-refractivity contribution in [3.8, 4) is 0 Å². The fourth-order valence-electron chi connectivity index (χ4n) is 3.10. The van der Waals surface area contributed by atoms with Crippen molar-refractivity contribution >= 4 is 0 Å². The highest BCUT2D eigenvalue weighted by molar-refractivity contribution is 5.14. The molecule has 1 heterocycles. The molecule has 3 nitrogen and oxygen atoms in total. The summed E-state index contributed by atoms with van der Waals surface area (Å²) in [5.41, 5.74) is 7.43. The summed E-state index contributed by atoms with van der Waals surface area (Å²) in [6.07, 6.45) is 3.57. The predicted octanol–water partition coefficient (Wildman–Crippen LogP) is 1.97. The summed E-state index contributed by atoms with van der Waals surface area (Å²) in [6.45, 7) is 9.04. The zero-order chi connectivity index (χ0) is 14.2. The third kappa shape index (κ3) is 4.58. The average Bonchev–Trinajstić information content (AvgIpc) is 2.51. The molecule has 0 aliphatic carbocycles. The van der Waals surface area contributed by atoms with E-state index in [1.165, 1.54) is 51.1 Å². The minimum absolute atomic E-state index is 0.541. The first-order chi connectivity index (χ1) is 9.83. The number of aryl methyl sites for hydroxylation is 1. The average molecular weight is 275 g/mol. The molecule has 1 aromatic rings. The van der Waals surface area contributed by atoms with Crippen molar-refractivity contribution in [2.24, 2.45) is 5.73 Å². The van der Waals surface area contributed by atoms with E-state index >= 15 is 0 Å². The normalized spacial score (nSPS) is 19.1. The van der Waals surface area contributed by atoms with Crippen molar-refractivity contribution in [3.05, 3.63) is 35.9 Å². The van der Waals surface area contributed by atoms with Crippen LogP contribution in [0.2, 0.25) is 0 Å². The van der Waals surface area contributed by atoms with E-state index in [0.717, 1.165) is 13.0 Å². The smallest absolute Gasteiger partial charge is 0.0222 e. The van der Waals surface area contributed by atoms with Crippen LogP contribution in [0.15, 0.2) is 30.3 Å². The van der Waals surface area contributed by atoms with Crippen molar-refractivity contribution in [1.29, 1.82) is 0 Å². The van der Waals surface area contributed by atoms with Gasteiger partial charge in [0.1, 0.15) is 0 Å². The Labute approximate surface area is 123 Å². The summed E-state index contributed by atoms with van der Waals surface area (Å²) in [5.74, 6) is 0. The summed E-state index contributed by atoms with van der Waals surface area (Å²) in [5, 5.41) is 0. The maximum atomic E-state index is 6.01. The highest BCUT2D eigenvalue weighted by Crippen LogP contribution is 2.12. The van der Waals surface area contributed by atoms with Gasteiger partial charge in [0, 0.05) is 38.8 Å². The first-order valence-corrected chi connectivity index (χ1v) is 8.04. The maximum absolute atomic E-state index is 6.01. The lowest BCUT2D eigenvalue weighted by atomic mass is 10.0. The molecule has 0 amide bonds. The summed E-state index contributed by atoms with van der Waals surface area (Å²) in [7, 11) is 0. The van der Waals surface area contributed by atoms with Gasteiger partial charge in [0.15, 0.2) is 0 Å². The van der Waals surface area contributed by atoms with E-state index in [2.05, 4.69) is 47.1 Å². The zero-order valence-electron chi connectivity index (χ0n) is 12.8. The van der Waals surface area contributed by atoms with Crippen molar-refractivity contribution in [3.63, 3.8) is 0 Å². The van der Waals surface area contributed by atoms with Gasteiger partial charge in [-0.1, -0.05) is 37.3 Å². The summed E-state index contributed by atoms with van der Waals surface area (Å²) >= 11 is 0. The van der Waals surface area contributed by atoms with Crippen LogP contribution < -0.4 is 5.73 Å². The fourth-order valence-corrected chi connectivity index (χ4v) is 3.10. The Morgan fingerprint density at radius 2 is 1.80 bits per heavy atom. The lowest BCUT2D eigenvalue weighted by Gasteiger charge is -2.39. The SMILES string of the molecule is CCCN1CCN(C(CN)CCc2ccccc2)CC1. The van der Waals surface area contributed by atoms with Crippen LogP contribution in [0.1, 0.15) is 25.3 Å². The molecular formula is C17H29N3. The standard InChI is InChI=1S/C17H29N3/c1-2-10-19-11-13-20(14-12-19)17(15-18)9-8-16-6-4-3-5-7-16/h3-7,17H,2,8-15,18H2,1H3. The van der Waals surface area contributed by atoms with Crippen LogP contribution >= 0.6 is 0 Å². The Morgan fingerprint density at radius 1 is 1.10 bits per heavy atom. The number of benzene rings is 1. The van der Waals surface area contributed by atoms with Gasteiger partial charge in [-0.25, -0.2) is 0 Å². The molecule has 3 heteroatoms. The Balaban J connectivity index is 1.77. The van der Waals surface area contributed by atoms with Crippen LogP contribution in [-0.2, 0) is 6.42 Å². The van der Waals surface area contributed by atoms with Gasteiger partial charge in [-0.05, 0) is 31.4 Å². The number of nitrogens with two attached hydrogens (primary N) is 1. The van der Waals surface area contributed by atoms with Crippen LogP contribution in [0.5, 0.6) is 0 Å². The van der Waals surface area contributed by atoms with E-state index in [4.69, 9.17) is 5.73 Å². The largest absolute Gasteiger partial charge is 0.329 e. The lowest BCUT2D eigenvalue weighted by molar-refractivity contribution is 0.0951. The summed E-state index contributed by atoms with van der Waals surface area (Å²) < 4.78 is 0. The van der Waals surface area contributed by atoms with Gasteiger partial charge in [0.05, 0.1) is 0 Å². The van der Waals surface area contributed by atoms with Crippen LogP contribution in [-0.4, -0.2) is 55.1 Å². The number of hydrogen-bond donors (Lipinski definition) is 1. The van der Waals surface area contributed by atoms with Crippen LogP contribution in [0.3, 0.4) is 0 Å². The van der Waals surface area contributed by atoms with E-state index in [0.29, 0.717) is 6.04 Å². The monoisotopic (exact) mass is 275 g/mol. The number of rotatable bonds is 7. The summed E-state index contributed by atoms with van der Waals surface area (Å²) in [6, 6.07) is 11.3. The molecular weight excluding hydrogens is 246 g/mol. The molecule has 112 valence electrons. The number of nitrogens with zero attached hydrogens (tertiary/aromatic N) is 2. The van der Waals surface area contributed by atoms with Crippen LogP contribution in [0.4, 0.5) is 0 Å². The minimum atomic E-state index is 0.541. The first-order valence-electron chi connectivity index (χ1n) is 8.04. The van der Waals surface area contributed by atoms with Gasteiger partial charge in [-0.2, -0.15) is 0 Å². The molecule has 0 radical (unpaired) electrons. The third-order valence-electron chi connectivity index (χ3n) is 4.34. The summed E-state index contributed by atoms with van der Waals surface area (Å²) in [4.78, 5) is 5.16. The van der Waals surface area contributed by atoms with Gasteiger partial charge >= 0.3 is 0 Å². The van der Waals surface area contributed by atoms with Gasteiger partial charge in [-0.3, -0.25) is 4.90 Å². The molecule has 1 saturated heterocycles. The second kappa shape index (κ2) is 8.40. The molecule has 0 bridgehead atoms. The van der Waals surface area contributed by atoms with Gasteiger partial charge in [-0.15, -0.1) is 0 Å². The molecule has 1 aliphatic rings. The highest BCUT2D eigenvalue weighted by atomic mass is 15.3. The molecule has 1 unspecified atom stereocenters. The molecule has 0 spiro atoms. The quantitative estimate of drug-likeness (QED) is 0.826. The van der Waals surface area contributed by atoms with Gasteiger partial charge in [0.2, 0.25) is 0 Å². The van der Waals surface area contributed by atoms with E-state index in [9.17, 15) is 0 Å². The molecule has 0 aromatic heterocycles. The predicted molar refractivity (Wildman–Crippen MR) is 85.9 cm³/mol. The Hall–Kier alpha value is -0.900. The number of piperazine rings is 1. The molecule has 1 aliphatic heterocycles. The molecule has 0 saturated carbocycles. The van der Waals surface area contributed by atoms with Crippen molar-refractivity contribution in [1.82, 2.24) is 9.80 Å². The Bertz CT molecular complexity index is 358. The Morgan fingerprint density at radius 3 is 2.40 bits per heavy atom. The number of hydrogen-bond acceptors (Lipinski definition) is 3.